The molecule has 2 fully saturated rings. The first-order valence-electron chi connectivity index (χ1n) is 7.45. The van der Waals surface area contributed by atoms with E-state index in [1.807, 2.05) is 0 Å². The third kappa shape index (κ3) is 5.04. The third-order valence-corrected chi connectivity index (χ3v) is 5.51. The van der Waals surface area contributed by atoms with Crippen molar-refractivity contribution in [3.05, 3.63) is 0 Å². The minimum absolute atomic E-state index is 0.258. The van der Waals surface area contributed by atoms with Crippen molar-refractivity contribution in [2.24, 2.45) is 11.3 Å². The van der Waals surface area contributed by atoms with Crippen LogP contribution in [0.5, 0.6) is 0 Å². The molecule has 1 saturated heterocycles. The molecule has 0 spiro atoms. The van der Waals surface area contributed by atoms with Gasteiger partial charge in [-0.15, -0.1) is 0 Å². The maximum Gasteiger partial charge on any atom is 0.211 e. The number of hydrogen-bond acceptors (Lipinski definition) is 3. The van der Waals surface area contributed by atoms with Gasteiger partial charge in [-0.25, -0.2) is 12.7 Å². The standard InChI is InChI=1S/C14H28N2O2S/c1-14(2,11-15-13-6-7-13)9-12-5-4-8-16(10-12)19(3,17)18/h12-13,15H,4-11H2,1-3H3. The molecule has 5 heteroatoms. The number of piperidine rings is 1. The highest BCUT2D eigenvalue weighted by atomic mass is 32.2. The van der Waals surface area contributed by atoms with Crippen LogP contribution < -0.4 is 5.32 Å². The summed E-state index contributed by atoms with van der Waals surface area (Å²) in [6.07, 6.45) is 7.25. The Morgan fingerprint density at radius 1 is 1.26 bits per heavy atom. The van der Waals surface area contributed by atoms with Gasteiger partial charge in [0.1, 0.15) is 0 Å². The van der Waals surface area contributed by atoms with E-state index < -0.39 is 10.0 Å². The van der Waals surface area contributed by atoms with Crippen molar-refractivity contribution in [2.45, 2.75) is 52.0 Å². The summed E-state index contributed by atoms with van der Waals surface area (Å²) in [5.74, 6) is 0.513. The van der Waals surface area contributed by atoms with Crippen LogP contribution in [0.15, 0.2) is 0 Å². The molecule has 112 valence electrons. The van der Waals surface area contributed by atoms with E-state index in [0.29, 0.717) is 19.0 Å². The Balaban J connectivity index is 1.83. The fourth-order valence-corrected chi connectivity index (χ4v) is 4.00. The Morgan fingerprint density at radius 3 is 2.53 bits per heavy atom. The lowest BCUT2D eigenvalue weighted by molar-refractivity contribution is 0.186. The Hall–Kier alpha value is -0.130. The highest BCUT2D eigenvalue weighted by Crippen LogP contribution is 2.32. The fraction of sp³-hybridized carbons (Fsp3) is 1.00. The molecule has 1 aliphatic heterocycles. The summed E-state index contributed by atoms with van der Waals surface area (Å²) in [7, 11) is -3.01. The molecule has 1 N–H and O–H groups in total. The van der Waals surface area contributed by atoms with Gasteiger partial charge in [0.2, 0.25) is 10.0 Å². The first-order chi connectivity index (χ1) is 8.76. The zero-order chi connectivity index (χ0) is 14.1. The molecular weight excluding hydrogens is 260 g/mol. The van der Waals surface area contributed by atoms with Gasteiger partial charge in [-0.1, -0.05) is 13.8 Å². The second kappa shape index (κ2) is 5.70. The number of nitrogens with one attached hydrogen (secondary N) is 1. The molecule has 2 aliphatic rings. The molecule has 0 aromatic rings. The Kier molecular flexibility index (Phi) is 4.58. The van der Waals surface area contributed by atoms with Crippen molar-refractivity contribution in [3.63, 3.8) is 0 Å². The average molecular weight is 288 g/mol. The molecule has 0 aromatic heterocycles. The number of rotatable bonds is 6. The van der Waals surface area contributed by atoms with Gasteiger partial charge in [0, 0.05) is 25.7 Å². The average Bonchev–Trinajstić information content (AvgIpc) is 3.09. The van der Waals surface area contributed by atoms with Crippen molar-refractivity contribution >= 4 is 10.0 Å². The summed E-state index contributed by atoms with van der Waals surface area (Å²) in [5.41, 5.74) is 0.258. The summed E-state index contributed by atoms with van der Waals surface area (Å²) in [6, 6.07) is 0.748. The van der Waals surface area contributed by atoms with Crippen molar-refractivity contribution in [2.75, 3.05) is 25.9 Å². The van der Waals surface area contributed by atoms with Crippen molar-refractivity contribution < 1.29 is 8.42 Å². The van der Waals surface area contributed by atoms with Crippen LogP contribution in [0.2, 0.25) is 0 Å². The lowest BCUT2D eigenvalue weighted by atomic mass is 9.80. The lowest BCUT2D eigenvalue weighted by Crippen LogP contribution is -2.41. The molecule has 0 aromatic carbocycles. The molecule has 2 rings (SSSR count). The van der Waals surface area contributed by atoms with E-state index in [1.54, 1.807) is 4.31 Å². The molecule has 1 unspecified atom stereocenters. The predicted octanol–water partition coefficient (Wildman–Crippen LogP) is 1.83. The van der Waals surface area contributed by atoms with Crippen LogP contribution in [-0.4, -0.2) is 44.7 Å². The largest absolute Gasteiger partial charge is 0.313 e. The molecule has 1 aliphatic carbocycles. The highest BCUT2D eigenvalue weighted by molar-refractivity contribution is 7.88. The molecule has 19 heavy (non-hydrogen) atoms. The number of sulfonamides is 1. The summed E-state index contributed by atoms with van der Waals surface area (Å²) >= 11 is 0. The molecule has 1 heterocycles. The van der Waals surface area contributed by atoms with Gasteiger partial charge >= 0.3 is 0 Å². The molecule has 1 atom stereocenters. The smallest absolute Gasteiger partial charge is 0.211 e. The molecular formula is C14H28N2O2S. The van der Waals surface area contributed by atoms with Crippen molar-refractivity contribution in [3.8, 4) is 0 Å². The van der Waals surface area contributed by atoms with Crippen LogP contribution in [0.25, 0.3) is 0 Å². The molecule has 4 nitrogen and oxygen atoms in total. The van der Waals surface area contributed by atoms with Gasteiger partial charge in [0.05, 0.1) is 6.26 Å². The van der Waals surface area contributed by atoms with Crippen molar-refractivity contribution in [1.29, 1.82) is 0 Å². The first-order valence-corrected chi connectivity index (χ1v) is 9.30. The van der Waals surface area contributed by atoms with Gasteiger partial charge in [-0.2, -0.15) is 0 Å². The monoisotopic (exact) mass is 288 g/mol. The van der Waals surface area contributed by atoms with E-state index in [2.05, 4.69) is 19.2 Å². The molecule has 0 radical (unpaired) electrons. The minimum atomic E-state index is -3.01. The van der Waals surface area contributed by atoms with Gasteiger partial charge in [0.25, 0.3) is 0 Å². The normalized spacial score (nSPS) is 26.6. The molecule has 0 amide bonds. The highest BCUT2D eigenvalue weighted by Gasteiger charge is 2.31. The third-order valence-electron chi connectivity index (χ3n) is 4.24. The second-order valence-corrected chi connectivity index (χ2v) is 9.14. The first kappa shape index (κ1) is 15.3. The molecule has 0 bridgehead atoms. The Labute approximate surface area is 118 Å². The minimum Gasteiger partial charge on any atom is -0.313 e. The van der Waals surface area contributed by atoms with Crippen molar-refractivity contribution in [1.82, 2.24) is 9.62 Å². The SMILES string of the molecule is CC(C)(CNC1CC1)CC1CCCN(S(C)(=O)=O)C1. The van der Waals surface area contributed by atoms with E-state index in [0.717, 1.165) is 25.4 Å². The van der Waals surface area contributed by atoms with Crippen LogP contribution in [0.3, 0.4) is 0 Å². The summed E-state index contributed by atoms with van der Waals surface area (Å²) < 4.78 is 24.9. The molecule has 1 saturated carbocycles. The number of hydrogen-bond donors (Lipinski definition) is 1. The van der Waals surface area contributed by atoms with Crippen LogP contribution in [-0.2, 0) is 10.0 Å². The Bertz CT molecular complexity index is 402. The fourth-order valence-electron chi connectivity index (χ4n) is 3.06. The van der Waals surface area contributed by atoms with E-state index in [4.69, 9.17) is 0 Å². The van der Waals surface area contributed by atoms with E-state index >= 15 is 0 Å². The van der Waals surface area contributed by atoms with E-state index in [-0.39, 0.29) is 5.41 Å². The van der Waals surface area contributed by atoms with Crippen LogP contribution >= 0.6 is 0 Å². The second-order valence-electron chi connectivity index (χ2n) is 7.15. The topological polar surface area (TPSA) is 49.4 Å². The maximum absolute atomic E-state index is 11.6. The van der Waals surface area contributed by atoms with E-state index in [1.165, 1.54) is 25.5 Å². The summed E-state index contributed by atoms with van der Waals surface area (Å²) in [5, 5.41) is 3.60. The number of nitrogens with zero attached hydrogens (tertiary/aromatic N) is 1. The van der Waals surface area contributed by atoms with Gasteiger partial charge < -0.3 is 5.32 Å². The zero-order valence-corrected chi connectivity index (χ0v) is 13.3. The summed E-state index contributed by atoms with van der Waals surface area (Å²) in [4.78, 5) is 0. The maximum atomic E-state index is 11.6. The summed E-state index contributed by atoms with van der Waals surface area (Å²) in [6.45, 7) is 7.05. The zero-order valence-electron chi connectivity index (χ0n) is 12.5. The van der Waals surface area contributed by atoms with E-state index in [9.17, 15) is 8.42 Å². The quantitative estimate of drug-likeness (QED) is 0.811. The van der Waals surface area contributed by atoms with Crippen LogP contribution in [0, 0.1) is 11.3 Å². The van der Waals surface area contributed by atoms with Gasteiger partial charge in [-0.3, -0.25) is 0 Å². The lowest BCUT2D eigenvalue weighted by Gasteiger charge is -2.36. The van der Waals surface area contributed by atoms with Gasteiger partial charge in [-0.05, 0) is 43.4 Å². The van der Waals surface area contributed by atoms with Crippen LogP contribution in [0.4, 0.5) is 0 Å². The van der Waals surface area contributed by atoms with Crippen LogP contribution in [0.1, 0.15) is 46.0 Å². The van der Waals surface area contributed by atoms with Gasteiger partial charge in [0.15, 0.2) is 0 Å². The predicted molar refractivity (Wildman–Crippen MR) is 78.6 cm³/mol. The Morgan fingerprint density at radius 2 is 1.95 bits per heavy atom.